The van der Waals surface area contributed by atoms with Gasteiger partial charge in [0, 0.05) is 28.9 Å². The molecule has 2 rings (SSSR count). The molecule has 0 atom stereocenters. The highest BCUT2D eigenvalue weighted by atomic mass is 14.9. The van der Waals surface area contributed by atoms with Gasteiger partial charge in [-0.3, -0.25) is 4.98 Å². The summed E-state index contributed by atoms with van der Waals surface area (Å²) in [5.74, 6) is 0.876. The Morgan fingerprint density at radius 3 is 2.40 bits per heavy atom. The van der Waals surface area contributed by atoms with E-state index in [0.717, 1.165) is 22.4 Å². The van der Waals surface area contributed by atoms with E-state index in [9.17, 15) is 0 Å². The van der Waals surface area contributed by atoms with Crippen LogP contribution < -0.4 is 0 Å². The maximum absolute atomic E-state index is 4.56. The fourth-order valence-corrected chi connectivity index (χ4v) is 1.39. The molecule has 0 aliphatic carbocycles. The van der Waals surface area contributed by atoms with Crippen molar-refractivity contribution in [2.45, 2.75) is 33.1 Å². The first kappa shape index (κ1) is 10.0. The monoisotopic (exact) mass is 201 g/mol. The van der Waals surface area contributed by atoms with Crippen LogP contribution in [0.15, 0.2) is 18.5 Å². The van der Waals surface area contributed by atoms with Gasteiger partial charge in [-0.05, 0) is 13.0 Å². The minimum absolute atomic E-state index is 0.00857. The molecule has 0 saturated heterocycles. The first-order valence-corrected chi connectivity index (χ1v) is 5.07. The predicted molar refractivity (Wildman–Crippen MR) is 60.8 cm³/mol. The van der Waals surface area contributed by atoms with Gasteiger partial charge >= 0.3 is 0 Å². The zero-order valence-corrected chi connectivity index (χ0v) is 9.57. The van der Waals surface area contributed by atoms with Crippen molar-refractivity contribution >= 4 is 10.9 Å². The Morgan fingerprint density at radius 1 is 1.07 bits per heavy atom. The average Bonchev–Trinajstić information content (AvgIpc) is 2.15. The number of nitrogens with zero attached hydrogens (tertiary/aromatic N) is 3. The van der Waals surface area contributed by atoms with Gasteiger partial charge < -0.3 is 0 Å². The quantitative estimate of drug-likeness (QED) is 0.657. The van der Waals surface area contributed by atoms with Gasteiger partial charge in [-0.1, -0.05) is 20.8 Å². The standard InChI is InChI=1S/C12H15N3/c1-8-5-10-9(6-13-8)7-14-11(15-10)12(2,3)4/h5-7H,1-4H3. The van der Waals surface area contributed by atoms with Gasteiger partial charge in [0.15, 0.2) is 0 Å². The lowest BCUT2D eigenvalue weighted by Crippen LogP contribution is -2.15. The molecule has 78 valence electrons. The van der Waals surface area contributed by atoms with Gasteiger partial charge in [0.05, 0.1) is 5.52 Å². The van der Waals surface area contributed by atoms with Crippen LogP contribution in [0.1, 0.15) is 32.3 Å². The predicted octanol–water partition coefficient (Wildman–Crippen LogP) is 2.63. The van der Waals surface area contributed by atoms with Gasteiger partial charge in [-0.15, -0.1) is 0 Å². The molecule has 3 nitrogen and oxygen atoms in total. The SMILES string of the molecule is Cc1cc2nc(C(C)(C)C)ncc2cn1. The maximum atomic E-state index is 4.56. The van der Waals surface area contributed by atoms with Crippen LogP contribution in [0, 0.1) is 6.92 Å². The highest BCUT2D eigenvalue weighted by Gasteiger charge is 2.17. The van der Waals surface area contributed by atoms with E-state index in [1.807, 2.05) is 25.4 Å². The molecule has 0 aliphatic rings. The third-order valence-corrected chi connectivity index (χ3v) is 2.27. The van der Waals surface area contributed by atoms with Crippen LogP contribution in [0.5, 0.6) is 0 Å². The van der Waals surface area contributed by atoms with Gasteiger partial charge in [0.1, 0.15) is 5.82 Å². The number of fused-ring (bicyclic) bond motifs is 1. The summed E-state index contributed by atoms with van der Waals surface area (Å²) < 4.78 is 0. The summed E-state index contributed by atoms with van der Waals surface area (Å²) in [5.41, 5.74) is 1.95. The fraction of sp³-hybridized carbons (Fsp3) is 0.417. The third kappa shape index (κ3) is 1.96. The van der Waals surface area contributed by atoms with E-state index < -0.39 is 0 Å². The minimum atomic E-state index is -0.00857. The van der Waals surface area contributed by atoms with Crippen molar-refractivity contribution in [3.05, 3.63) is 30.0 Å². The normalized spacial score (nSPS) is 12.0. The summed E-state index contributed by atoms with van der Waals surface area (Å²) in [6.07, 6.45) is 3.66. The maximum Gasteiger partial charge on any atom is 0.134 e. The number of aromatic nitrogens is 3. The molecule has 0 unspecified atom stereocenters. The second kappa shape index (κ2) is 3.26. The number of aryl methyl sites for hydroxylation is 1. The Labute approximate surface area is 89.6 Å². The number of pyridine rings is 1. The molecule has 0 radical (unpaired) electrons. The molecule has 15 heavy (non-hydrogen) atoms. The number of hydrogen-bond donors (Lipinski definition) is 0. The summed E-state index contributed by atoms with van der Waals surface area (Å²) >= 11 is 0. The van der Waals surface area contributed by atoms with Gasteiger partial charge in [-0.2, -0.15) is 0 Å². The molecule has 2 aromatic heterocycles. The van der Waals surface area contributed by atoms with Gasteiger partial charge in [0.25, 0.3) is 0 Å². The molecule has 0 aromatic carbocycles. The second-order valence-electron chi connectivity index (χ2n) is 4.83. The summed E-state index contributed by atoms with van der Waals surface area (Å²) in [7, 11) is 0. The molecule has 0 aliphatic heterocycles. The molecule has 0 spiro atoms. The summed E-state index contributed by atoms with van der Waals surface area (Å²) in [6.45, 7) is 8.31. The lowest BCUT2D eigenvalue weighted by Gasteiger charge is -2.16. The molecule has 2 aromatic rings. The molecule has 0 fully saturated rings. The lowest BCUT2D eigenvalue weighted by molar-refractivity contribution is 0.548. The van der Waals surface area contributed by atoms with E-state index in [0.29, 0.717) is 0 Å². The highest BCUT2D eigenvalue weighted by molar-refractivity contribution is 5.76. The van der Waals surface area contributed by atoms with Gasteiger partial charge in [-0.25, -0.2) is 9.97 Å². The topological polar surface area (TPSA) is 38.7 Å². The van der Waals surface area contributed by atoms with Crippen LogP contribution in [0.3, 0.4) is 0 Å². The van der Waals surface area contributed by atoms with Crippen molar-refractivity contribution in [1.29, 1.82) is 0 Å². The van der Waals surface area contributed by atoms with Crippen molar-refractivity contribution < 1.29 is 0 Å². The third-order valence-electron chi connectivity index (χ3n) is 2.27. The second-order valence-corrected chi connectivity index (χ2v) is 4.83. The van der Waals surface area contributed by atoms with E-state index in [2.05, 4.69) is 35.7 Å². The molecular weight excluding hydrogens is 186 g/mol. The van der Waals surface area contributed by atoms with Crippen molar-refractivity contribution in [3.8, 4) is 0 Å². The van der Waals surface area contributed by atoms with E-state index in [1.165, 1.54) is 0 Å². The largest absolute Gasteiger partial charge is 0.261 e. The summed E-state index contributed by atoms with van der Waals surface area (Å²) in [6, 6.07) is 1.99. The molecule has 0 bridgehead atoms. The van der Waals surface area contributed by atoms with E-state index >= 15 is 0 Å². The Morgan fingerprint density at radius 2 is 1.73 bits per heavy atom. The smallest absolute Gasteiger partial charge is 0.134 e. The van der Waals surface area contributed by atoms with Crippen molar-refractivity contribution in [2.24, 2.45) is 0 Å². The molecule has 0 N–H and O–H groups in total. The van der Waals surface area contributed by atoms with E-state index in [-0.39, 0.29) is 5.41 Å². The summed E-state index contributed by atoms with van der Waals surface area (Å²) in [5, 5.41) is 0.994. The molecule has 3 heteroatoms. The Bertz CT molecular complexity index is 498. The Hall–Kier alpha value is -1.51. The van der Waals surface area contributed by atoms with Crippen molar-refractivity contribution in [3.63, 3.8) is 0 Å². The van der Waals surface area contributed by atoms with Crippen LogP contribution in [0.2, 0.25) is 0 Å². The fourth-order valence-electron chi connectivity index (χ4n) is 1.39. The minimum Gasteiger partial charge on any atom is -0.261 e. The lowest BCUT2D eigenvalue weighted by atomic mass is 9.95. The van der Waals surface area contributed by atoms with Crippen LogP contribution in [-0.2, 0) is 5.41 Å². The van der Waals surface area contributed by atoms with E-state index in [1.54, 1.807) is 0 Å². The van der Waals surface area contributed by atoms with Crippen LogP contribution in [0.4, 0.5) is 0 Å². The molecule has 2 heterocycles. The Balaban J connectivity index is 2.64. The molecule has 0 saturated carbocycles. The number of rotatable bonds is 0. The van der Waals surface area contributed by atoms with Crippen LogP contribution >= 0.6 is 0 Å². The average molecular weight is 201 g/mol. The first-order valence-electron chi connectivity index (χ1n) is 5.07. The zero-order chi connectivity index (χ0) is 11.1. The van der Waals surface area contributed by atoms with Crippen LogP contribution in [-0.4, -0.2) is 15.0 Å². The molecular formula is C12H15N3. The Kier molecular flexibility index (Phi) is 2.18. The number of hydrogen-bond acceptors (Lipinski definition) is 3. The van der Waals surface area contributed by atoms with Gasteiger partial charge in [0.2, 0.25) is 0 Å². The zero-order valence-electron chi connectivity index (χ0n) is 9.57. The van der Waals surface area contributed by atoms with Crippen molar-refractivity contribution in [1.82, 2.24) is 15.0 Å². The first-order chi connectivity index (χ1) is 6.97. The van der Waals surface area contributed by atoms with E-state index in [4.69, 9.17) is 0 Å². The summed E-state index contributed by atoms with van der Waals surface area (Å²) in [4.78, 5) is 13.1. The van der Waals surface area contributed by atoms with Crippen molar-refractivity contribution in [2.75, 3.05) is 0 Å². The highest BCUT2D eigenvalue weighted by Crippen LogP contribution is 2.20. The molecule has 0 amide bonds. The van der Waals surface area contributed by atoms with Crippen LogP contribution in [0.25, 0.3) is 10.9 Å².